The number of benzene rings is 1. The summed E-state index contributed by atoms with van der Waals surface area (Å²) >= 11 is 1.61. The van der Waals surface area contributed by atoms with Crippen molar-refractivity contribution in [1.29, 1.82) is 0 Å². The lowest BCUT2D eigenvalue weighted by atomic mass is 10.1. The number of nitro benzene ring substituents is 1. The monoisotopic (exact) mass is 418 g/mol. The minimum absolute atomic E-state index is 0.00179. The van der Waals surface area contributed by atoms with E-state index in [1.807, 2.05) is 12.3 Å². The van der Waals surface area contributed by atoms with Crippen molar-refractivity contribution >= 4 is 28.9 Å². The largest absolute Gasteiger partial charge is 0.462 e. The maximum absolute atomic E-state index is 12.9. The third kappa shape index (κ3) is 5.15. The van der Waals surface area contributed by atoms with Crippen LogP contribution in [0.15, 0.2) is 23.6 Å². The summed E-state index contributed by atoms with van der Waals surface area (Å²) in [5.74, 6) is -1.02. The summed E-state index contributed by atoms with van der Waals surface area (Å²) in [5, 5.41) is 14.3. The first-order chi connectivity index (χ1) is 13.9. The highest BCUT2D eigenvalue weighted by Gasteiger charge is 2.25. The summed E-state index contributed by atoms with van der Waals surface area (Å²) in [4.78, 5) is 43.8. The van der Waals surface area contributed by atoms with Gasteiger partial charge in [0.05, 0.1) is 27.8 Å². The molecule has 1 amide bonds. The van der Waals surface area contributed by atoms with Crippen LogP contribution >= 0.6 is 11.3 Å². The van der Waals surface area contributed by atoms with Crippen molar-refractivity contribution in [2.24, 2.45) is 0 Å². The summed E-state index contributed by atoms with van der Waals surface area (Å²) in [5.41, 5.74) is 0.828. The number of aromatic nitrogens is 1. The van der Waals surface area contributed by atoms with Crippen LogP contribution in [-0.2, 0) is 11.3 Å². The van der Waals surface area contributed by atoms with E-state index in [-0.39, 0.29) is 29.3 Å². The van der Waals surface area contributed by atoms with E-state index in [1.165, 1.54) is 12.1 Å². The summed E-state index contributed by atoms with van der Waals surface area (Å²) < 4.78 is 4.92. The Bertz CT molecular complexity index is 921. The molecule has 1 saturated heterocycles. The number of amides is 1. The highest BCUT2D eigenvalue weighted by atomic mass is 32.1. The number of aryl methyl sites for hydroxylation is 1. The van der Waals surface area contributed by atoms with Crippen molar-refractivity contribution in [2.75, 3.05) is 32.8 Å². The van der Waals surface area contributed by atoms with E-state index < -0.39 is 10.9 Å². The first kappa shape index (κ1) is 20.9. The smallest absolute Gasteiger partial charge is 0.338 e. The van der Waals surface area contributed by atoms with E-state index in [0.29, 0.717) is 26.2 Å². The number of ether oxygens (including phenoxy) is 1. The number of nitrogens with zero attached hydrogens (tertiary/aromatic N) is 4. The second-order valence-electron chi connectivity index (χ2n) is 6.67. The molecule has 0 spiro atoms. The van der Waals surface area contributed by atoms with Gasteiger partial charge in [0.2, 0.25) is 0 Å². The molecule has 10 heteroatoms. The van der Waals surface area contributed by atoms with Gasteiger partial charge in [-0.2, -0.15) is 0 Å². The first-order valence-electron chi connectivity index (χ1n) is 9.26. The Labute approximate surface area is 172 Å². The summed E-state index contributed by atoms with van der Waals surface area (Å²) in [6, 6.07) is 3.69. The Hall–Kier alpha value is -2.85. The van der Waals surface area contributed by atoms with Crippen molar-refractivity contribution in [2.45, 2.75) is 20.4 Å². The van der Waals surface area contributed by atoms with Crippen LogP contribution in [0.4, 0.5) is 5.69 Å². The Morgan fingerprint density at radius 1 is 1.21 bits per heavy atom. The van der Waals surface area contributed by atoms with Crippen molar-refractivity contribution in [3.05, 3.63) is 55.5 Å². The maximum atomic E-state index is 12.9. The van der Waals surface area contributed by atoms with E-state index in [4.69, 9.17) is 4.74 Å². The van der Waals surface area contributed by atoms with Gasteiger partial charge in [-0.25, -0.2) is 9.78 Å². The molecule has 1 aliphatic heterocycles. The van der Waals surface area contributed by atoms with Crippen molar-refractivity contribution in [3.63, 3.8) is 0 Å². The molecule has 0 unspecified atom stereocenters. The zero-order valence-corrected chi connectivity index (χ0v) is 17.1. The van der Waals surface area contributed by atoms with Gasteiger partial charge in [-0.15, -0.1) is 11.3 Å². The normalized spacial score (nSPS) is 14.6. The van der Waals surface area contributed by atoms with Gasteiger partial charge in [-0.3, -0.25) is 19.8 Å². The molecule has 0 radical (unpaired) electrons. The van der Waals surface area contributed by atoms with Crippen LogP contribution in [-0.4, -0.2) is 64.4 Å². The van der Waals surface area contributed by atoms with Gasteiger partial charge in [0, 0.05) is 55.8 Å². The number of esters is 1. The lowest BCUT2D eigenvalue weighted by Crippen LogP contribution is -2.48. The number of hydrogen-bond donors (Lipinski definition) is 0. The number of rotatable bonds is 6. The fourth-order valence-corrected chi connectivity index (χ4v) is 3.78. The number of non-ortho nitro benzene ring substituents is 1. The molecule has 2 aromatic rings. The number of thiazole rings is 1. The number of carbonyl (C=O) groups is 2. The molecule has 2 heterocycles. The standard InChI is InChI=1S/C19H22N4O5S/c1-3-28-19(25)15-8-14(9-17(10-15)23(26)27)18(24)22-6-4-21(5-7-22)11-16-12-29-13(2)20-16/h8-10,12H,3-7,11H2,1-2H3. The highest BCUT2D eigenvalue weighted by Crippen LogP contribution is 2.21. The van der Waals surface area contributed by atoms with E-state index in [2.05, 4.69) is 9.88 Å². The van der Waals surface area contributed by atoms with Crippen LogP contribution < -0.4 is 0 Å². The number of nitro groups is 1. The van der Waals surface area contributed by atoms with Crippen molar-refractivity contribution < 1.29 is 19.2 Å². The minimum atomic E-state index is -0.686. The molecule has 0 aliphatic carbocycles. The number of carbonyl (C=O) groups excluding carboxylic acids is 2. The van der Waals surface area contributed by atoms with Gasteiger partial charge in [0.15, 0.2) is 0 Å². The predicted octanol–water partition coefficient (Wildman–Crippen LogP) is 2.49. The fraction of sp³-hybridized carbons (Fsp3) is 0.421. The second-order valence-corrected chi connectivity index (χ2v) is 7.73. The fourth-order valence-electron chi connectivity index (χ4n) is 3.17. The highest BCUT2D eigenvalue weighted by molar-refractivity contribution is 7.09. The zero-order chi connectivity index (χ0) is 21.0. The van der Waals surface area contributed by atoms with E-state index >= 15 is 0 Å². The SMILES string of the molecule is CCOC(=O)c1cc(C(=O)N2CCN(Cc3csc(C)n3)CC2)cc([N+](=O)[O-])c1. The molecule has 0 bridgehead atoms. The van der Waals surface area contributed by atoms with Gasteiger partial charge in [-0.1, -0.05) is 0 Å². The molecule has 0 N–H and O–H groups in total. The topological polar surface area (TPSA) is 106 Å². The van der Waals surface area contributed by atoms with E-state index in [0.717, 1.165) is 23.3 Å². The van der Waals surface area contributed by atoms with Crippen molar-refractivity contribution in [1.82, 2.24) is 14.8 Å². The van der Waals surface area contributed by atoms with Crippen molar-refractivity contribution in [3.8, 4) is 0 Å². The molecule has 154 valence electrons. The van der Waals surface area contributed by atoms with E-state index in [1.54, 1.807) is 23.2 Å². The lowest BCUT2D eigenvalue weighted by Gasteiger charge is -2.34. The third-order valence-corrected chi connectivity index (χ3v) is 5.42. The van der Waals surface area contributed by atoms with Crippen LogP contribution in [0.25, 0.3) is 0 Å². The van der Waals surface area contributed by atoms with Crippen LogP contribution in [0, 0.1) is 17.0 Å². The molecule has 1 aromatic heterocycles. The molecular formula is C19H22N4O5S. The molecule has 1 aliphatic rings. The minimum Gasteiger partial charge on any atom is -0.462 e. The average Bonchev–Trinajstić information content (AvgIpc) is 3.12. The predicted molar refractivity (Wildman–Crippen MR) is 107 cm³/mol. The molecule has 0 atom stereocenters. The Morgan fingerprint density at radius 3 is 2.48 bits per heavy atom. The van der Waals surface area contributed by atoms with E-state index in [9.17, 15) is 19.7 Å². The van der Waals surface area contributed by atoms with Crippen LogP contribution in [0.2, 0.25) is 0 Å². The maximum Gasteiger partial charge on any atom is 0.338 e. The molecular weight excluding hydrogens is 396 g/mol. The summed E-state index contributed by atoms with van der Waals surface area (Å²) in [6.07, 6.45) is 0. The molecule has 3 rings (SSSR count). The third-order valence-electron chi connectivity index (χ3n) is 4.60. The van der Waals surface area contributed by atoms with Crippen LogP contribution in [0.3, 0.4) is 0 Å². The molecule has 29 heavy (non-hydrogen) atoms. The Morgan fingerprint density at radius 2 is 1.90 bits per heavy atom. The molecule has 0 saturated carbocycles. The summed E-state index contributed by atoms with van der Waals surface area (Å²) in [6.45, 7) is 6.85. The summed E-state index contributed by atoms with van der Waals surface area (Å²) in [7, 11) is 0. The van der Waals surface area contributed by atoms with Gasteiger partial charge in [0.1, 0.15) is 0 Å². The average molecular weight is 418 g/mol. The van der Waals surface area contributed by atoms with Gasteiger partial charge >= 0.3 is 5.97 Å². The molecule has 1 aromatic carbocycles. The van der Waals surface area contributed by atoms with Gasteiger partial charge < -0.3 is 9.64 Å². The van der Waals surface area contributed by atoms with Crippen LogP contribution in [0.5, 0.6) is 0 Å². The molecule has 1 fully saturated rings. The van der Waals surface area contributed by atoms with Gasteiger partial charge in [0.25, 0.3) is 11.6 Å². The first-order valence-corrected chi connectivity index (χ1v) is 10.1. The Balaban J connectivity index is 1.69. The quantitative estimate of drug-likeness (QED) is 0.403. The van der Waals surface area contributed by atoms with Crippen LogP contribution in [0.1, 0.15) is 38.3 Å². The molecule has 9 nitrogen and oxygen atoms in total. The number of hydrogen-bond acceptors (Lipinski definition) is 8. The van der Waals surface area contributed by atoms with Gasteiger partial charge in [-0.05, 0) is 19.9 Å². The lowest BCUT2D eigenvalue weighted by molar-refractivity contribution is -0.384. The number of piperazine rings is 1. The Kier molecular flexibility index (Phi) is 6.55. The zero-order valence-electron chi connectivity index (χ0n) is 16.3. The second kappa shape index (κ2) is 9.10.